The van der Waals surface area contributed by atoms with Gasteiger partial charge in [-0.05, 0) is 56.0 Å². The van der Waals surface area contributed by atoms with E-state index in [9.17, 15) is 0 Å². The fourth-order valence-electron chi connectivity index (χ4n) is 3.00. The number of benzene rings is 1. The molecule has 0 N–H and O–H groups in total. The van der Waals surface area contributed by atoms with Gasteiger partial charge in [0.15, 0.2) is 0 Å². The van der Waals surface area contributed by atoms with Crippen LogP contribution in [0, 0.1) is 13.8 Å². The van der Waals surface area contributed by atoms with Crippen LogP contribution in [0.2, 0.25) is 0 Å². The van der Waals surface area contributed by atoms with Gasteiger partial charge >= 0.3 is 0 Å². The Kier molecular flexibility index (Phi) is 2.94. The normalized spacial score (nSPS) is 16.3. The third-order valence-electron chi connectivity index (χ3n) is 3.85. The van der Waals surface area contributed by atoms with Gasteiger partial charge in [0.1, 0.15) is 0 Å². The molecule has 1 aromatic carbocycles. The molecule has 1 heterocycles. The molecule has 2 aromatic rings. The molecule has 1 aliphatic rings. The van der Waals surface area contributed by atoms with Crippen molar-refractivity contribution in [1.82, 2.24) is 9.78 Å². The summed E-state index contributed by atoms with van der Waals surface area (Å²) in [4.78, 5) is 0. The number of aryl methyl sites for hydroxylation is 2. The first kappa shape index (κ1) is 11.5. The molecule has 0 aliphatic heterocycles. The molecule has 1 fully saturated rings. The van der Waals surface area contributed by atoms with E-state index in [0.29, 0.717) is 5.92 Å². The maximum absolute atomic E-state index is 4.76. The summed E-state index contributed by atoms with van der Waals surface area (Å²) >= 11 is 0. The van der Waals surface area contributed by atoms with Gasteiger partial charge in [0, 0.05) is 12.1 Å². The summed E-state index contributed by atoms with van der Waals surface area (Å²) in [6, 6.07) is 8.77. The predicted molar refractivity (Wildman–Crippen MR) is 74.2 cm³/mol. The summed E-state index contributed by atoms with van der Waals surface area (Å²) in [5, 5.41) is 4.76. The summed E-state index contributed by atoms with van der Waals surface area (Å²) in [5.74, 6) is 0.692. The highest BCUT2D eigenvalue weighted by molar-refractivity contribution is 5.39. The summed E-state index contributed by atoms with van der Waals surface area (Å²) < 4.78 is 2.02. The number of aromatic nitrogens is 2. The zero-order valence-corrected chi connectivity index (χ0v) is 11.2. The van der Waals surface area contributed by atoms with Crippen LogP contribution in [0.5, 0.6) is 0 Å². The summed E-state index contributed by atoms with van der Waals surface area (Å²) in [6.45, 7) is 4.27. The number of hydrogen-bond donors (Lipinski definition) is 0. The predicted octanol–water partition coefficient (Wildman–Crippen LogP) is 4.15. The van der Waals surface area contributed by atoms with Crippen molar-refractivity contribution < 1.29 is 0 Å². The van der Waals surface area contributed by atoms with E-state index < -0.39 is 0 Å². The highest BCUT2D eigenvalue weighted by atomic mass is 15.3. The summed E-state index contributed by atoms with van der Waals surface area (Å²) in [7, 11) is 0. The molecule has 0 spiro atoms. The van der Waals surface area contributed by atoms with Crippen molar-refractivity contribution in [2.45, 2.75) is 45.4 Å². The Hall–Kier alpha value is -1.57. The number of hydrogen-bond acceptors (Lipinski definition) is 1. The molecule has 0 saturated heterocycles. The molecular formula is C16H20N2. The van der Waals surface area contributed by atoms with Crippen molar-refractivity contribution in [3.63, 3.8) is 0 Å². The Morgan fingerprint density at radius 1 is 1.06 bits per heavy atom. The Balaban J connectivity index is 1.92. The maximum atomic E-state index is 4.76. The zero-order chi connectivity index (χ0) is 12.5. The lowest BCUT2D eigenvalue weighted by Gasteiger charge is -2.06. The van der Waals surface area contributed by atoms with Gasteiger partial charge in [-0.25, -0.2) is 4.68 Å². The summed E-state index contributed by atoms with van der Waals surface area (Å²) in [5.41, 5.74) is 5.04. The maximum Gasteiger partial charge on any atom is 0.0659 e. The van der Waals surface area contributed by atoms with Crippen LogP contribution >= 0.6 is 0 Å². The lowest BCUT2D eigenvalue weighted by molar-refractivity contribution is 0.678. The van der Waals surface area contributed by atoms with Crippen LogP contribution in [0.25, 0.3) is 5.69 Å². The van der Waals surface area contributed by atoms with E-state index in [0.717, 1.165) is 0 Å². The monoisotopic (exact) mass is 240 g/mol. The Morgan fingerprint density at radius 2 is 1.72 bits per heavy atom. The third kappa shape index (κ3) is 2.20. The van der Waals surface area contributed by atoms with Crippen molar-refractivity contribution in [3.05, 3.63) is 47.3 Å². The van der Waals surface area contributed by atoms with E-state index in [4.69, 9.17) is 5.10 Å². The highest BCUT2D eigenvalue weighted by Gasteiger charge is 2.19. The van der Waals surface area contributed by atoms with E-state index in [1.54, 1.807) is 0 Å². The molecule has 18 heavy (non-hydrogen) atoms. The van der Waals surface area contributed by atoms with E-state index in [2.05, 4.69) is 44.3 Å². The van der Waals surface area contributed by atoms with Crippen molar-refractivity contribution >= 4 is 0 Å². The average molecular weight is 240 g/mol. The van der Waals surface area contributed by atoms with Gasteiger partial charge in [0.05, 0.1) is 11.4 Å². The standard InChI is InChI=1S/C16H20N2/c1-12-9-13(2)11-15(10-12)18-8-7-16(17-18)14-5-3-4-6-14/h7-11,14H,3-6H2,1-2H3. The molecule has 1 aliphatic carbocycles. The van der Waals surface area contributed by atoms with Crippen molar-refractivity contribution in [2.75, 3.05) is 0 Å². The number of nitrogens with zero attached hydrogens (tertiary/aromatic N) is 2. The van der Waals surface area contributed by atoms with Gasteiger partial charge in [-0.1, -0.05) is 18.9 Å². The van der Waals surface area contributed by atoms with E-state index >= 15 is 0 Å². The average Bonchev–Trinajstić information content (AvgIpc) is 2.99. The number of rotatable bonds is 2. The minimum Gasteiger partial charge on any atom is -0.241 e. The molecule has 0 bridgehead atoms. The molecule has 3 rings (SSSR count). The van der Waals surface area contributed by atoms with E-state index in [1.165, 1.54) is 48.2 Å². The molecular weight excluding hydrogens is 220 g/mol. The minimum absolute atomic E-state index is 0.692. The lowest BCUT2D eigenvalue weighted by Crippen LogP contribution is -1.99. The molecule has 1 saturated carbocycles. The topological polar surface area (TPSA) is 17.8 Å². The van der Waals surface area contributed by atoms with Crippen LogP contribution in [0.1, 0.15) is 48.4 Å². The van der Waals surface area contributed by atoms with Crippen molar-refractivity contribution in [3.8, 4) is 5.69 Å². The van der Waals surface area contributed by atoms with Gasteiger partial charge in [0.25, 0.3) is 0 Å². The molecule has 2 nitrogen and oxygen atoms in total. The second-order valence-corrected chi connectivity index (χ2v) is 5.51. The van der Waals surface area contributed by atoms with Crippen LogP contribution in [0.15, 0.2) is 30.5 Å². The van der Waals surface area contributed by atoms with Gasteiger partial charge in [0.2, 0.25) is 0 Å². The molecule has 2 heteroatoms. The van der Waals surface area contributed by atoms with Crippen LogP contribution in [0.4, 0.5) is 0 Å². The smallest absolute Gasteiger partial charge is 0.0659 e. The second kappa shape index (κ2) is 4.60. The molecule has 94 valence electrons. The molecule has 0 amide bonds. The molecule has 0 radical (unpaired) electrons. The summed E-state index contributed by atoms with van der Waals surface area (Å²) in [6.07, 6.45) is 7.44. The minimum atomic E-state index is 0.692. The molecule has 1 aromatic heterocycles. The fraction of sp³-hybridized carbons (Fsp3) is 0.438. The Morgan fingerprint density at radius 3 is 2.39 bits per heavy atom. The van der Waals surface area contributed by atoms with E-state index in [1.807, 2.05) is 4.68 Å². The third-order valence-corrected chi connectivity index (χ3v) is 3.85. The second-order valence-electron chi connectivity index (χ2n) is 5.51. The van der Waals surface area contributed by atoms with Gasteiger partial charge < -0.3 is 0 Å². The first-order valence-corrected chi connectivity index (χ1v) is 6.86. The highest BCUT2D eigenvalue weighted by Crippen LogP contribution is 2.33. The van der Waals surface area contributed by atoms with Crippen LogP contribution < -0.4 is 0 Å². The molecule has 0 unspecified atom stereocenters. The van der Waals surface area contributed by atoms with Crippen LogP contribution in [-0.4, -0.2) is 9.78 Å². The Bertz CT molecular complexity index is 528. The van der Waals surface area contributed by atoms with Crippen LogP contribution in [-0.2, 0) is 0 Å². The fourth-order valence-corrected chi connectivity index (χ4v) is 3.00. The largest absolute Gasteiger partial charge is 0.241 e. The van der Waals surface area contributed by atoms with Gasteiger partial charge in [-0.2, -0.15) is 5.10 Å². The quantitative estimate of drug-likeness (QED) is 0.771. The van der Waals surface area contributed by atoms with Gasteiger partial charge in [-0.3, -0.25) is 0 Å². The first-order valence-electron chi connectivity index (χ1n) is 6.86. The van der Waals surface area contributed by atoms with Gasteiger partial charge in [-0.15, -0.1) is 0 Å². The first-order chi connectivity index (χ1) is 8.72. The van der Waals surface area contributed by atoms with Crippen LogP contribution in [0.3, 0.4) is 0 Å². The zero-order valence-electron chi connectivity index (χ0n) is 11.2. The lowest BCUT2D eigenvalue weighted by atomic mass is 10.1. The molecule has 0 atom stereocenters. The van der Waals surface area contributed by atoms with Crippen molar-refractivity contribution in [1.29, 1.82) is 0 Å². The van der Waals surface area contributed by atoms with E-state index in [-0.39, 0.29) is 0 Å². The Labute approximate surface area is 109 Å². The van der Waals surface area contributed by atoms with Crippen molar-refractivity contribution in [2.24, 2.45) is 0 Å². The SMILES string of the molecule is Cc1cc(C)cc(-n2ccc(C3CCCC3)n2)c1.